The van der Waals surface area contributed by atoms with E-state index in [1.54, 1.807) is 6.26 Å². The van der Waals surface area contributed by atoms with Gasteiger partial charge < -0.3 is 24.7 Å². The first-order chi connectivity index (χ1) is 12.8. The van der Waals surface area contributed by atoms with Crippen molar-refractivity contribution in [3.05, 3.63) is 24.2 Å². The van der Waals surface area contributed by atoms with Gasteiger partial charge in [0.25, 0.3) is 0 Å². The first-order valence-corrected chi connectivity index (χ1v) is 10.0. The number of furan rings is 1. The summed E-state index contributed by atoms with van der Waals surface area (Å²) in [5.41, 5.74) is 0. The third kappa shape index (κ3) is 8.72. The van der Waals surface area contributed by atoms with Gasteiger partial charge in [-0.05, 0) is 69.8 Å². The standard InChI is InChI=1S/C20H36N4O2/c1-18-8-13-24(14-9-18)12-4-3-10-22-20(21-2)23-11-6-15-25-17-19-7-5-16-26-19/h5,7,16,18H,3-4,6,8-15,17H2,1-2H3,(H2,21,22,23). The van der Waals surface area contributed by atoms with Gasteiger partial charge in [-0.2, -0.15) is 0 Å². The predicted octanol–water partition coefficient (Wildman–Crippen LogP) is 2.86. The Labute approximate surface area is 158 Å². The Hall–Kier alpha value is -1.53. The largest absolute Gasteiger partial charge is 0.467 e. The second-order valence-electron chi connectivity index (χ2n) is 7.14. The monoisotopic (exact) mass is 364 g/mol. The molecule has 0 aliphatic carbocycles. The molecule has 1 aliphatic heterocycles. The molecule has 0 spiro atoms. The fourth-order valence-corrected chi connectivity index (χ4v) is 3.12. The van der Waals surface area contributed by atoms with E-state index in [9.17, 15) is 0 Å². The van der Waals surface area contributed by atoms with Gasteiger partial charge in [0.2, 0.25) is 0 Å². The van der Waals surface area contributed by atoms with Gasteiger partial charge in [-0.15, -0.1) is 0 Å². The predicted molar refractivity (Wildman–Crippen MR) is 106 cm³/mol. The van der Waals surface area contributed by atoms with E-state index in [0.717, 1.165) is 37.1 Å². The first kappa shape index (κ1) is 20.8. The van der Waals surface area contributed by atoms with Crippen molar-refractivity contribution in [2.75, 3.05) is 46.4 Å². The van der Waals surface area contributed by atoms with Crippen LogP contribution in [0.4, 0.5) is 0 Å². The average molecular weight is 365 g/mol. The van der Waals surface area contributed by atoms with Crippen LogP contribution in [0.15, 0.2) is 27.8 Å². The molecule has 0 unspecified atom stereocenters. The summed E-state index contributed by atoms with van der Waals surface area (Å²) in [5, 5.41) is 6.73. The fourth-order valence-electron chi connectivity index (χ4n) is 3.12. The van der Waals surface area contributed by atoms with Crippen molar-refractivity contribution in [3.8, 4) is 0 Å². The van der Waals surface area contributed by atoms with Crippen LogP contribution in [-0.2, 0) is 11.3 Å². The number of piperidine rings is 1. The highest BCUT2D eigenvalue weighted by atomic mass is 16.5. The number of hydrogen-bond acceptors (Lipinski definition) is 4. The molecule has 0 atom stereocenters. The molecule has 1 fully saturated rings. The maximum absolute atomic E-state index is 5.57. The van der Waals surface area contributed by atoms with Crippen LogP contribution in [-0.4, -0.2) is 57.2 Å². The zero-order valence-corrected chi connectivity index (χ0v) is 16.5. The summed E-state index contributed by atoms with van der Waals surface area (Å²) in [4.78, 5) is 6.88. The molecular formula is C20H36N4O2. The lowest BCUT2D eigenvalue weighted by molar-refractivity contribution is 0.105. The minimum atomic E-state index is 0.538. The molecule has 6 heteroatoms. The molecule has 1 aromatic heterocycles. The molecule has 1 aliphatic rings. The van der Waals surface area contributed by atoms with E-state index in [2.05, 4.69) is 27.4 Å². The van der Waals surface area contributed by atoms with E-state index in [1.165, 1.54) is 45.3 Å². The summed E-state index contributed by atoms with van der Waals surface area (Å²) >= 11 is 0. The van der Waals surface area contributed by atoms with Crippen LogP contribution in [0.1, 0.15) is 44.8 Å². The van der Waals surface area contributed by atoms with Crippen LogP contribution in [0.5, 0.6) is 0 Å². The van der Waals surface area contributed by atoms with Crippen molar-refractivity contribution in [1.82, 2.24) is 15.5 Å². The Morgan fingerprint density at radius 3 is 2.69 bits per heavy atom. The lowest BCUT2D eigenvalue weighted by atomic mass is 9.99. The smallest absolute Gasteiger partial charge is 0.190 e. The van der Waals surface area contributed by atoms with Crippen LogP contribution < -0.4 is 10.6 Å². The van der Waals surface area contributed by atoms with E-state index < -0.39 is 0 Å². The van der Waals surface area contributed by atoms with E-state index >= 15 is 0 Å². The van der Waals surface area contributed by atoms with Crippen molar-refractivity contribution in [1.29, 1.82) is 0 Å². The highest BCUT2D eigenvalue weighted by Gasteiger charge is 2.14. The average Bonchev–Trinajstić information content (AvgIpc) is 3.17. The van der Waals surface area contributed by atoms with E-state index in [0.29, 0.717) is 13.2 Å². The zero-order chi connectivity index (χ0) is 18.5. The Morgan fingerprint density at radius 2 is 2.00 bits per heavy atom. The van der Waals surface area contributed by atoms with Gasteiger partial charge in [0, 0.05) is 26.7 Å². The normalized spacial score (nSPS) is 16.8. The molecule has 1 saturated heterocycles. The SMILES string of the molecule is CN=C(NCCCCN1CCC(C)CC1)NCCCOCc1ccco1. The maximum atomic E-state index is 5.57. The number of likely N-dealkylation sites (tertiary alicyclic amines) is 1. The topological polar surface area (TPSA) is 62.0 Å². The summed E-state index contributed by atoms with van der Waals surface area (Å²) in [5.74, 6) is 2.66. The van der Waals surface area contributed by atoms with E-state index in [-0.39, 0.29) is 0 Å². The molecule has 0 amide bonds. The van der Waals surface area contributed by atoms with Crippen LogP contribution in [0, 0.1) is 5.92 Å². The minimum absolute atomic E-state index is 0.538. The lowest BCUT2D eigenvalue weighted by Crippen LogP contribution is -2.39. The Kier molecular flexibility index (Phi) is 10.2. The minimum Gasteiger partial charge on any atom is -0.467 e. The Balaban J connectivity index is 1.41. The third-order valence-electron chi connectivity index (χ3n) is 4.88. The van der Waals surface area contributed by atoms with Gasteiger partial charge >= 0.3 is 0 Å². The number of guanidine groups is 1. The zero-order valence-electron chi connectivity index (χ0n) is 16.5. The summed E-state index contributed by atoms with van der Waals surface area (Å²) < 4.78 is 10.8. The summed E-state index contributed by atoms with van der Waals surface area (Å²) in [7, 11) is 1.82. The second kappa shape index (κ2) is 12.8. The molecule has 0 radical (unpaired) electrons. The van der Waals surface area contributed by atoms with Crippen molar-refractivity contribution in [2.45, 2.75) is 45.6 Å². The third-order valence-corrected chi connectivity index (χ3v) is 4.88. The first-order valence-electron chi connectivity index (χ1n) is 10.0. The Bertz CT molecular complexity index is 482. The quantitative estimate of drug-likeness (QED) is 0.359. The number of rotatable bonds is 11. The summed E-state index contributed by atoms with van der Waals surface area (Å²) in [6.45, 7) is 9.22. The van der Waals surface area contributed by atoms with Gasteiger partial charge in [-0.3, -0.25) is 4.99 Å². The van der Waals surface area contributed by atoms with Gasteiger partial charge in [-0.25, -0.2) is 0 Å². The highest BCUT2D eigenvalue weighted by molar-refractivity contribution is 5.79. The van der Waals surface area contributed by atoms with Gasteiger partial charge in [0.05, 0.1) is 6.26 Å². The Morgan fingerprint density at radius 1 is 1.23 bits per heavy atom. The molecular weight excluding hydrogens is 328 g/mol. The molecule has 148 valence electrons. The highest BCUT2D eigenvalue weighted by Crippen LogP contribution is 2.15. The molecule has 26 heavy (non-hydrogen) atoms. The van der Waals surface area contributed by atoms with Crippen LogP contribution in [0.25, 0.3) is 0 Å². The molecule has 2 heterocycles. The molecule has 0 aromatic carbocycles. The number of nitrogens with one attached hydrogen (secondary N) is 2. The molecule has 2 N–H and O–H groups in total. The van der Waals surface area contributed by atoms with Gasteiger partial charge in [0.1, 0.15) is 12.4 Å². The molecule has 0 saturated carbocycles. The van der Waals surface area contributed by atoms with Crippen LogP contribution in [0.3, 0.4) is 0 Å². The molecule has 0 bridgehead atoms. The summed E-state index contributed by atoms with van der Waals surface area (Å²) in [6.07, 6.45) is 7.76. The van der Waals surface area contributed by atoms with Crippen molar-refractivity contribution < 1.29 is 9.15 Å². The number of ether oxygens (including phenoxy) is 1. The maximum Gasteiger partial charge on any atom is 0.190 e. The van der Waals surface area contributed by atoms with Crippen molar-refractivity contribution >= 4 is 5.96 Å². The number of hydrogen-bond donors (Lipinski definition) is 2. The number of nitrogens with zero attached hydrogens (tertiary/aromatic N) is 2. The van der Waals surface area contributed by atoms with Crippen molar-refractivity contribution in [2.24, 2.45) is 10.9 Å². The fraction of sp³-hybridized carbons (Fsp3) is 0.750. The van der Waals surface area contributed by atoms with Gasteiger partial charge in [0.15, 0.2) is 5.96 Å². The molecule has 1 aromatic rings. The van der Waals surface area contributed by atoms with Crippen LogP contribution in [0.2, 0.25) is 0 Å². The van der Waals surface area contributed by atoms with Crippen LogP contribution >= 0.6 is 0 Å². The van der Waals surface area contributed by atoms with Crippen molar-refractivity contribution in [3.63, 3.8) is 0 Å². The van der Waals surface area contributed by atoms with Gasteiger partial charge in [-0.1, -0.05) is 6.92 Å². The summed E-state index contributed by atoms with van der Waals surface area (Å²) in [6, 6.07) is 3.80. The lowest BCUT2D eigenvalue weighted by Gasteiger charge is -2.30. The van der Waals surface area contributed by atoms with E-state index in [1.807, 2.05) is 19.2 Å². The molecule has 6 nitrogen and oxygen atoms in total. The number of aliphatic imine (C=N–C) groups is 1. The molecule has 2 rings (SSSR count). The second-order valence-corrected chi connectivity index (χ2v) is 7.14. The number of unbranched alkanes of at least 4 members (excludes halogenated alkanes) is 1. The van der Waals surface area contributed by atoms with E-state index in [4.69, 9.17) is 9.15 Å².